The zero-order valence-electron chi connectivity index (χ0n) is 16.7. The average molecular weight is 403 g/mol. The Kier molecular flexibility index (Phi) is 6.20. The van der Waals surface area contributed by atoms with Gasteiger partial charge in [0.2, 0.25) is 5.91 Å². The van der Waals surface area contributed by atoms with Crippen LogP contribution in [0.1, 0.15) is 48.0 Å². The number of carbonyl (C=O) groups is 2. The summed E-state index contributed by atoms with van der Waals surface area (Å²) in [5.74, 6) is 0.0325. The topological polar surface area (TPSA) is 98.7 Å². The molecule has 0 aliphatic carbocycles. The van der Waals surface area contributed by atoms with Gasteiger partial charge in [0.05, 0.1) is 12.3 Å². The largest absolute Gasteiger partial charge is 0.493 e. The van der Waals surface area contributed by atoms with Gasteiger partial charge in [0.15, 0.2) is 0 Å². The van der Waals surface area contributed by atoms with Crippen molar-refractivity contribution in [1.82, 2.24) is 10.1 Å². The van der Waals surface area contributed by atoms with Crippen LogP contribution >= 0.6 is 0 Å². The monoisotopic (exact) mass is 403 g/mol. The first-order valence-electron chi connectivity index (χ1n) is 9.74. The van der Waals surface area contributed by atoms with Crippen LogP contribution in [-0.2, 0) is 11.2 Å². The molecular formula is C21H26FN3O4. The van der Waals surface area contributed by atoms with E-state index >= 15 is 0 Å². The second-order valence-electron chi connectivity index (χ2n) is 7.63. The Morgan fingerprint density at radius 2 is 2.07 bits per heavy atom. The molecule has 2 heterocycles. The number of benzene rings is 1. The number of halogens is 1. The van der Waals surface area contributed by atoms with Crippen LogP contribution < -0.4 is 10.5 Å². The fraction of sp³-hybridized carbons (Fsp3) is 0.476. The SMILES string of the molecule is CCc1noc(C)c1C(=O)N1CCC[C@](COc2ccc(F)cc2)(CC(N)=O)C1. The summed E-state index contributed by atoms with van der Waals surface area (Å²) in [7, 11) is 0. The maximum absolute atomic E-state index is 13.2. The molecule has 0 unspecified atom stereocenters. The average Bonchev–Trinajstić information content (AvgIpc) is 3.07. The number of aromatic nitrogens is 1. The predicted molar refractivity (Wildman–Crippen MR) is 104 cm³/mol. The zero-order chi connectivity index (χ0) is 21.0. The molecule has 2 amide bonds. The Hall–Kier alpha value is -2.90. The van der Waals surface area contributed by atoms with Gasteiger partial charge in [-0.25, -0.2) is 4.39 Å². The fourth-order valence-electron chi connectivity index (χ4n) is 3.92. The third kappa shape index (κ3) is 4.75. The number of primary amides is 1. The number of nitrogens with zero attached hydrogens (tertiary/aromatic N) is 2. The molecule has 1 aromatic heterocycles. The number of likely N-dealkylation sites (tertiary alicyclic amines) is 1. The van der Waals surface area contributed by atoms with Gasteiger partial charge in [-0.15, -0.1) is 0 Å². The van der Waals surface area contributed by atoms with E-state index in [4.69, 9.17) is 15.0 Å². The predicted octanol–water partition coefficient (Wildman–Crippen LogP) is 2.86. The van der Waals surface area contributed by atoms with E-state index in [2.05, 4.69) is 5.16 Å². The van der Waals surface area contributed by atoms with Crippen LogP contribution in [0.5, 0.6) is 5.75 Å². The molecule has 1 saturated heterocycles. The molecule has 29 heavy (non-hydrogen) atoms. The molecule has 0 spiro atoms. The maximum atomic E-state index is 13.2. The van der Waals surface area contributed by atoms with E-state index in [1.54, 1.807) is 11.8 Å². The molecule has 2 N–H and O–H groups in total. The summed E-state index contributed by atoms with van der Waals surface area (Å²) in [6, 6.07) is 5.70. The molecule has 1 aromatic carbocycles. The fourth-order valence-corrected chi connectivity index (χ4v) is 3.92. The number of rotatable bonds is 7. The van der Waals surface area contributed by atoms with Crippen molar-refractivity contribution in [3.63, 3.8) is 0 Å². The lowest BCUT2D eigenvalue weighted by Crippen LogP contribution is -2.50. The number of piperidine rings is 1. The second kappa shape index (κ2) is 8.63. The highest BCUT2D eigenvalue weighted by molar-refractivity contribution is 5.96. The van der Waals surface area contributed by atoms with Gasteiger partial charge in [0.25, 0.3) is 5.91 Å². The van der Waals surface area contributed by atoms with Crippen molar-refractivity contribution in [2.45, 2.75) is 39.5 Å². The van der Waals surface area contributed by atoms with Gasteiger partial charge >= 0.3 is 0 Å². The minimum Gasteiger partial charge on any atom is -0.493 e. The van der Waals surface area contributed by atoms with Crippen molar-refractivity contribution < 1.29 is 23.2 Å². The summed E-state index contributed by atoms with van der Waals surface area (Å²) in [5.41, 5.74) is 6.02. The summed E-state index contributed by atoms with van der Waals surface area (Å²) in [4.78, 5) is 26.7. The summed E-state index contributed by atoms with van der Waals surface area (Å²) < 4.78 is 24.2. The van der Waals surface area contributed by atoms with Crippen LogP contribution in [-0.4, -0.2) is 41.6 Å². The molecule has 7 nitrogen and oxygen atoms in total. The molecule has 0 bridgehead atoms. The summed E-state index contributed by atoms with van der Waals surface area (Å²) >= 11 is 0. The number of hydrogen-bond donors (Lipinski definition) is 1. The van der Waals surface area contributed by atoms with Crippen molar-refractivity contribution in [2.24, 2.45) is 11.1 Å². The number of carbonyl (C=O) groups excluding carboxylic acids is 2. The van der Waals surface area contributed by atoms with E-state index in [1.165, 1.54) is 24.3 Å². The van der Waals surface area contributed by atoms with E-state index in [9.17, 15) is 14.0 Å². The van der Waals surface area contributed by atoms with Crippen molar-refractivity contribution in [3.8, 4) is 5.75 Å². The highest BCUT2D eigenvalue weighted by atomic mass is 19.1. The number of amides is 2. The van der Waals surface area contributed by atoms with Gasteiger partial charge in [0, 0.05) is 24.9 Å². The number of nitrogens with two attached hydrogens (primary N) is 1. The van der Waals surface area contributed by atoms with Crippen molar-refractivity contribution >= 4 is 11.8 Å². The van der Waals surface area contributed by atoms with Crippen molar-refractivity contribution in [2.75, 3.05) is 19.7 Å². The lowest BCUT2D eigenvalue weighted by molar-refractivity contribution is -0.122. The van der Waals surface area contributed by atoms with Crippen LogP contribution in [0, 0.1) is 18.2 Å². The lowest BCUT2D eigenvalue weighted by atomic mass is 9.77. The number of hydrogen-bond acceptors (Lipinski definition) is 5. The molecule has 3 rings (SSSR count). The molecule has 0 saturated carbocycles. The quantitative estimate of drug-likeness (QED) is 0.766. The van der Waals surface area contributed by atoms with Crippen LogP contribution in [0.4, 0.5) is 4.39 Å². The minimum absolute atomic E-state index is 0.0984. The lowest BCUT2D eigenvalue weighted by Gasteiger charge is -2.42. The Balaban J connectivity index is 1.79. The third-order valence-electron chi connectivity index (χ3n) is 5.34. The molecule has 0 radical (unpaired) electrons. The van der Waals surface area contributed by atoms with Gasteiger partial charge in [-0.1, -0.05) is 12.1 Å². The number of ether oxygens (including phenoxy) is 1. The molecule has 8 heteroatoms. The Morgan fingerprint density at radius 3 is 2.72 bits per heavy atom. The van der Waals surface area contributed by atoms with Crippen LogP contribution in [0.25, 0.3) is 0 Å². The molecule has 1 fully saturated rings. The zero-order valence-corrected chi connectivity index (χ0v) is 16.7. The number of aryl methyl sites for hydroxylation is 2. The standard InChI is InChI=1S/C21H26FN3O4/c1-3-17-19(14(2)29-24-17)20(27)25-10-4-9-21(12-25,11-18(23)26)13-28-16-7-5-15(22)6-8-16/h5-8H,3-4,9-13H2,1-2H3,(H2,23,26)/t21-/m0/s1. The van der Waals surface area contributed by atoms with Gasteiger partial charge in [-0.05, 0) is 50.5 Å². The van der Waals surface area contributed by atoms with Crippen LogP contribution in [0.2, 0.25) is 0 Å². The normalized spacial score (nSPS) is 19.2. The molecule has 1 aliphatic rings. The highest BCUT2D eigenvalue weighted by Gasteiger charge is 2.40. The third-order valence-corrected chi connectivity index (χ3v) is 5.34. The Labute approximate surface area is 169 Å². The maximum Gasteiger partial charge on any atom is 0.259 e. The molecule has 1 atom stereocenters. The van der Waals surface area contributed by atoms with Gasteiger partial charge < -0.3 is 19.9 Å². The first-order valence-corrected chi connectivity index (χ1v) is 9.74. The molecule has 156 valence electrons. The van der Waals surface area contributed by atoms with Crippen LogP contribution in [0.3, 0.4) is 0 Å². The van der Waals surface area contributed by atoms with Crippen LogP contribution in [0.15, 0.2) is 28.8 Å². The van der Waals surface area contributed by atoms with E-state index in [0.29, 0.717) is 48.7 Å². The first-order chi connectivity index (χ1) is 13.8. The minimum atomic E-state index is -0.606. The van der Waals surface area contributed by atoms with Gasteiger partial charge in [0.1, 0.15) is 22.9 Å². The van der Waals surface area contributed by atoms with Gasteiger partial charge in [-0.2, -0.15) is 0 Å². The summed E-state index contributed by atoms with van der Waals surface area (Å²) in [5, 5.41) is 3.97. The van der Waals surface area contributed by atoms with Crippen molar-refractivity contribution in [3.05, 3.63) is 47.1 Å². The Bertz CT molecular complexity index is 881. The Morgan fingerprint density at radius 1 is 1.34 bits per heavy atom. The van der Waals surface area contributed by atoms with Crippen molar-refractivity contribution in [1.29, 1.82) is 0 Å². The van der Waals surface area contributed by atoms with Gasteiger partial charge in [-0.3, -0.25) is 9.59 Å². The van der Waals surface area contributed by atoms with E-state index in [1.807, 2.05) is 6.92 Å². The van der Waals surface area contributed by atoms with E-state index in [-0.39, 0.29) is 24.8 Å². The highest BCUT2D eigenvalue weighted by Crippen LogP contribution is 2.35. The molecule has 1 aliphatic heterocycles. The first kappa shape index (κ1) is 20.8. The summed E-state index contributed by atoms with van der Waals surface area (Å²) in [6.07, 6.45) is 2.11. The summed E-state index contributed by atoms with van der Waals surface area (Å²) in [6.45, 7) is 4.75. The van der Waals surface area contributed by atoms with E-state index < -0.39 is 11.3 Å². The smallest absolute Gasteiger partial charge is 0.259 e. The second-order valence-corrected chi connectivity index (χ2v) is 7.63. The molecule has 2 aromatic rings. The molecular weight excluding hydrogens is 377 g/mol. The van der Waals surface area contributed by atoms with E-state index in [0.717, 1.165) is 6.42 Å².